The number of para-hydroxylation sites is 1. The number of nitrogens with zero attached hydrogens (tertiary/aromatic N) is 2. The van der Waals surface area contributed by atoms with Gasteiger partial charge in [-0.25, -0.2) is 0 Å². The number of anilines is 1. The zero-order valence-corrected chi connectivity index (χ0v) is 16.7. The van der Waals surface area contributed by atoms with E-state index in [1.807, 2.05) is 6.07 Å². The first-order valence-electron chi connectivity index (χ1n) is 9.75. The van der Waals surface area contributed by atoms with Crippen molar-refractivity contribution >= 4 is 22.6 Å². The highest BCUT2D eigenvalue weighted by atomic mass is 19.4. The van der Waals surface area contributed by atoms with Crippen molar-refractivity contribution in [2.24, 2.45) is 0 Å². The Kier molecular flexibility index (Phi) is 5.77. The van der Waals surface area contributed by atoms with Crippen LogP contribution < -0.4 is 5.32 Å². The summed E-state index contributed by atoms with van der Waals surface area (Å²) in [6, 6.07) is 14.7. The minimum absolute atomic E-state index is 0.0395. The molecule has 4 rings (SSSR count). The lowest BCUT2D eigenvalue weighted by Crippen LogP contribution is -2.06. The maximum atomic E-state index is 13.4. The van der Waals surface area contributed by atoms with Gasteiger partial charge < -0.3 is 10.4 Å². The summed E-state index contributed by atoms with van der Waals surface area (Å²) in [5.41, 5.74) is 2.80. The van der Waals surface area contributed by atoms with E-state index in [4.69, 9.17) is 5.11 Å². The Morgan fingerprint density at radius 2 is 1.78 bits per heavy atom. The molecule has 8 heteroatoms. The molecule has 4 aromatic rings. The minimum Gasteiger partial charge on any atom is -0.481 e. The summed E-state index contributed by atoms with van der Waals surface area (Å²) < 4.78 is 40.1. The molecule has 0 atom stereocenters. The third-order valence-corrected chi connectivity index (χ3v) is 4.99. The van der Waals surface area contributed by atoms with E-state index in [2.05, 4.69) is 15.3 Å². The van der Waals surface area contributed by atoms with Crippen molar-refractivity contribution in [1.29, 1.82) is 0 Å². The van der Waals surface area contributed by atoms with E-state index < -0.39 is 17.7 Å². The molecule has 32 heavy (non-hydrogen) atoms. The molecule has 0 aliphatic rings. The number of rotatable bonds is 6. The van der Waals surface area contributed by atoms with Gasteiger partial charge in [-0.1, -0.05) is 24.3 Å². The van der Waals surface area contributed by atoms with Crippen molar-refractivity contribution in [3.8, 4) is 11.1 Å². The van der Waals surface area contributed by atoms with Crippen LogP contribution in [0, 0.1) is 0 Å². The van der Waals surface area contributed by atoms with E-state index in [0.717, 1.165) is 17.3 Å². The van der Waals surface area contributed by atoms with Crippen molar-refractivity contribution in [3.63, 3.8) is 0 Å². The summed E-state index contributed by atoms with van der Waals surface area (Å²) >= 11 is 0. The third kappa shape index (κ3) is 4.69. The largest absolute Gasteiger partial charge is 0.481 e. The summed E-state index contributed by atoms with van der Waals surface area (Å²) in [7, 11) is 0. The SMILES string of the molecule is O=C(O)Cc1ccc(NCc2cncc(-c3ccnc4c(C(F)(F)F)cccc34)c2)cc1. The molecular weight excluding hydrogens is 419 g/mol. The first kappa shape index (κ1) is 21.3. The number of hydrogen-bond acceptors (Lipinski definition) is 4. The number of fused-ring (bicyclic) bond motifs is 1. The van der Waals surface area contributed by atoms with Gasteiger partial charge in [-0.15, -0.1) is 0 Å². The first-order chi connectivity index (χ1) is 15.3. The maximum Gasteiger partial charge on any atom is 0.418 e. The number of hydrogen-bond donors (Lipinski definition) is 2. The van der Waals surface area contributed by atoms with E-state index in [1.54, 1.807) is 48.8 Å². The maximum absolute atomic E-state index is 13.4. The van der Waals surface area contributed by atoms with Gasteiger partial charge in [0.2, 0.25) is 0 Å². The van der Waals surface area contributed by atoms with Gasteiger partial charge in [0.05, 0.1) is 17.5 Å². The van der Waals surface area contributed by atoms with E-state index in [0.29, 0.717) is 28.6 Å². The standard InChI is InChI=1S/C24H18F3N3O2/c25-24(26,27)21-3-1-2-20-19(8-9-29-23(20)21)17-10-16(12-28-14-17)13-30-18-6-4-15(5-7-18)11-22(31)32/h1-10,12,14,30H,11,13H2,(H,31,32). The van der Waals surface area contributed by atoms with E-state index in [-0.39, 0.29) is 11.9 Å². The van der Waals surface area contributed by atoms with Crippen molar-refractivity contribution in [3.05, 3.63) is 89.9 Å². The van der Waals surface area contributed by atoms with Crippen LogP contribution in [0.25, 0.3) is 22.0 Å². The number of alkyl halides is 3. The lowest BCUT2D eigenvalue weighted by molar-refractivity contribution is -0.137. The molecular formula is C24H18F3N3O2. The monoisotopic (exact) mass is 437 g/mol. The normalized spacial score (nSPS) is 11.5. The molecule has 2 heterocycles. The lowest BCUT2D eigenvalue weighted by Gasteiger charge is -2.13. The molecule has 0 saturated carbocycles. The van der Waals surface area contributed by atoms with Crippen molar-refractivity contribution in [1.82, 2.24) is 9.97 Å². The fraction of sp³-hybridized carbons (Fsp3) is 0.125. The Labute approximate surface area is 181 Å². The Bertz CT molecular complexity index is 1270. The van der Waals surface area contributed by atoms with Gasteiger partial charge in [0, 0.05) is 41.8 Å². The second-order valence-electron chi connectivity index (χ2n) is 7.26. The summed E-state index contributed by atoms with van der Waals surface area (Å²) in [5.74, 6) is -0.889. The zero-order chi connectivity index (χ0) is 22.7. The third-order valence-electron chi connectivity index (χ3n) is 4.99. The molecule has 0 amide bonds. The number of aliphatic carboxylic acids is 1. The predicted molar refractivity (Wildman–Crippen MR) is 115 cm³/mol. The van der Waals surface area contributed by atoms with Gasteiger partial charge in [-0.05, 0) is 47.0 Å². The van der Waals surface area contributed by atoms with Crippen LogP contribution in [-0.4, -0.2) is 21.0 Å². The highest BCUT2D eigenvalue weighted by molar-refractivity contribution is 5.96. The summed E-state index contributed by atoms with van der Waals surface area (Å²) in [4.78, 5) is 19.0. The van der Waals surface area contributed by atoms with Crippen LogP contribution in [0.5, 0.6) is 0 Å². The topological polar surface area (TPSA) is 75.1 Å². The van der Waals surface area contributed by atoms with Crippen LogP contribution in [0.15, 0.2) is 73.2 Å². The predicted octanol–water partition coefficient (Wildman–Crippen LogP) is 5.55. The number of aromatic nitrogens is 2. The number of halogens is 3. The fourth-order valence-electron chi connectivity index (χ4n) is 3.51. The summed E-state index contributed by atoms with van der Waals surface area (Å²) in [6.07, 6.45) is 0.132. The number of pyridine rings is 2. The summed E-state index contributed by atoms with van der Waals surface area (Å²) in [6.45, 7) is 0.440. The average Bonchev–Trinajstić information content (AvgIpc) is 2.77. The average molecular weight is 437 g/mol. The van der Waals surface area contributed by atoms with Crippen LogP contribution in [-0.2, 0) is 23.9 Å². The van der Waals surface area contributed by atoms with E-state index in [1.165, 1.54) is 12.3 Å². The quantitative estimate of drug-likeness (QED) is 0.413. The fourth-order valence-corrected chi connectivity index (χ4v) is 3.51. The van der Waals surface area contributed by atoms with Crippen molar-refractivity contribution < 1.29 is 23.1 Å². The second kappa shape index (κ2) is 8.66. The highest BCUT2D eigenvalue weighted by Crippen LogP contribution is 2.36. The van der Waals surface area contributed by atoms with Crippen molar-refractivity contribution in [2.75, 3.05) is 5.32 Å². The molecule has 0 spiro atoms. The molecule has 5 nitrogen and oxygen atoms in total. The summed E-state index contributed by atoms with van der Waals surface area (Å²) in [5, 5.41) is 12.5. The van der Waals surface area contributed by atoms with Crippen molar-refractivity contribution in [2.45, 2.75) is 19.1 Å². The van der Waals surface area contributed by atoms with Crippen LogP contribution in [0.1, 0.15) is 16.7 Å². The van der Waals surface area contributed by atoms with E-state index >= 15 is 0 Å². The number of nitrogens with one attached hydrogen (secondary N) is 1. The lowest BCUT2D eigenvalue weighted by atomic mass is 9.99. The van der Waals surface area contributed by atoms with Gasteiger partial charge in [0.25, 0.3) is 0 Å². The highest BCUT2D eigenvalue weighted by Gasteiger charge is 2.33. The molecule has 0 bridgehead atoms. The van der Waals surface area contributed by atoms with Gasteiger partial charge in [0.1, 0.15) is 0 Å². The van der Waals surface area contributed by atoms with Gasteiger partial charge in [0.15, 0.2) is 0 Å². The molecule has 0 fully saturated rings. The van der Waals surface area contributed by atoms with Gasteiger partial charge in [-0.3, -0.25) is 14.8 Å². The van der Waals surface area contributed by atoms with Crippen LogP contribution in [0.2, 0.25) is 0 Å². The molecule has 0 unspecified atom stereocenters. The molecule has 162 valence electrons. The zero-order valence-electron chi connectivity index (χ0n) is 16.7. The number of carboxylic acid groups (broad SMARTS) is 1. The number of carbonyl (C=O) groups is 1. The van der Waals surface area contributed by atoms with Crippen LogP contribution in [0.3, 0.4) is 0 Å². The Hall–Kier alpha value is -3.94. The van der Waals surface area contributed by atoms with Gasteiger partial charge >= 0.3 is 12.1 Å². The van der Waals surface area contributed by atoms with Gasteiger partial charge in [-0.2, -0.15) is 13.2 Å². The smallest absolute Gasteiger partial charge is 0.418 e. The molecule has 0 radical (unpaired) electrons. The molecule has 2 N–H and O–H groups in total. The first-order valence-corrected chi connectivity index (χ1v) is 9.75. The Morgan fingerprint density at radius 1 is 1.00 bits per heavy atom. The van der Waals surface area contributed by atoms with Crippen LogP contribution in [0.4, 0.5) is 18.9 Å². The molecule has 0 aliphatic heterocycles. The van der Waals surface area contributed by atoms with Crippen LogP contribution >= 0.6 is 0 Å². The second-order valence-corrected chi connectivity index (χ2v) is 7.26. The molecule has 0 saturated heterocycles. The number of carboxylic acids is 1. The molecule has 2 aromatic carbocycles. The Morgan fingerprint density at radius 3 is 2.50 bits per heavy atom. The van der Waals surface area contributed by atoms with E-state index in [9.17, 15) is 18.0 Å². The number of benzene rings is 2. The minimum atomic E-state index is -4.49. The Balaban J connectivity index is 1.58. The molecule has 2 aromatic heterocycles. The molecule has 0 aliphatic carbocycles.